The van der Waals surface area contributed by atoms with Crippen LogP contribution in [-0.4, -0.2) is 30.4 Å². The molecule has 3 N–H and O–H groups in total. The molecule has 1 saturated carbocycles. The molecule has 124 valence electrons. The number of halogens is 1. The Morgan fingerprint density at radius 1 is 1.27 bits per heavy atom. The molecule has 0 saturated heterocycles. The highest BCUT2D eigenvalue weighted by atomic mass is 35.5. The van der Waals surface area contributed by atoms with Crippen LogP contribution >= 0.6 is 24.2 Å². The molecule has 2 rings (SSSR count). The van der Waals surface area contributed by atoms with Gasteiger partial charge in [-0.25, -0.2) is 0 Å². The minimum absolute atomic E-state index is 0. The lowest BCUT2D eigenvalue weighted by atomic mass is 9.92. The first kappa shape index (κ1) is 19.1. The lowest BCUT2D eigenvalue weighted by Gasteiger charge is -2.27. The fourth-order valence-corrected chi connectivity index (χ4v) is 3.37. The third-order valence-electron chi connectivity index (χ3n) is 3.86. The van der Waals surface area contributed by atoms with Crippen LogP contribution in [0.2, 0.25) is 0 Å². The minimum Gasteiger partial charge on any atom is -0.497 e. The lowest BCUT2D eigenvalue weighted by Crippen LogP contribution is -2.43. The summed E-state index contributed by atoms with van der Waals surface area (Å²) in [6.07, 6.45) is 4.00. The predicted molar refractivity (Wildman–Crippen MR) is 93.9 cm³/mol. The predicted octanol–water partition coefficient (Wildman–Crippen LogP) is 2.98. The second kappa shape index (κ2) is 9.28. The molecule has 1 aliphatic carbocycles. The van der Waals surface area contributed by atoms with Gasteiger partial charge in [0, 0.05) is 17.0 Å². The van der Waals surface area contributed by atoms with E-state index in [1.807, 2.05) is 31.2 Å². The quantitative estimate of drug-likeness (QED) is 0.806. The molecule has 0 aliphatic heterocycles. The van der Waals surface area contributed by atoms with Gasteiger partial charge in [-0.05, 0) is 56.9 Å². The molecule has 22 heavy (non-hydrogen) atoms. The van der Waals surface area contributed by atoms with E-state index in [4.69, 9.17) is 10.5 Å². The summed E-state index contributed by atoms with van der Waals surface area (Å²) < 4.78 is 5.13. The average Bonchev–Trinajstić information content (AvgIpc) is 2.50. The average molecular weight is 345 g/mol. The second-order valence-electron chi connectivity index (χ2n) is 5.56. The molecule has 1 atom stereocenters. The van der Waals surface area contributed by atoms with E-state index < -0.39 is 0 Å². The number of benzene rings is 1. The maximum absolute atomic E-state index is 12.2. The molecule has 4 nitrogen and oxygen atoms in total. The number of hydrogen-bond donors (Lipinski definition) is 2. The summed E-state index contributed by atoms with van der Waals surface area (Å²) in [6, 6.07) is 8.38. The van der Waals surface area contributed by atoms with Crippen molar-refractivity contribution in [1.29, 1.82) is 0 Å². The molecular weight excluding hydrogens is 320 g/mol. The zero-order valence-corrected chi connectivity index (χ0v) is 14.7. The number of thioether (sulfide) groups is 1. The number of nitrogens with two attached hydrogens (primary N) is 1. The van der Waals surface area contributed by atoms with E-state index in [0.29, 0.717) is 6.04 Å². The van der Waals surface area contributed by atoms with Gasteiger partial charge in [-0.3, -0.25) is 4.79 Å². The van der Waals surface area contributed by atoms with Gasteiger partial charge in [-0.1, -0.05) is 0 Å². The molecule has 0 radical (unpaired) electrons. The third-order valence-corrected chi connectivity index (χ3v) is 4.97. The van der Waals surface area contributed by atoms with E-state index in [1.54, 1.807) is 18.9 Å². The first-order valence-corrected chi connectivity index (χ1v) is 8.33. The summed E-state index contributed by atoms with van der Waals surface area (Å²) in [5, 5.41) is 3.04. The van der Waals surface area contributed by atoms with Crippen molar-refractivity contribution in [2.45, 2.75) is 54.8 Å². The molecule has 1 aromatic carbocycles. The highest BCUT2D eigenvalue weighted by molar-refractivity contribution is 8.00. The summed E-state index contributed by atoms with van der Waals surface area (Å²) in [7, 11) is 1.65. The Hall–Kier alpha value is -0.910. The number of carbonyl (C=O) groups is 1. The van der Waals surface area contributed by atoms with E-state index in [2.05, 4.69) is 5.32 Å². The molecule has 0 spiro atoms. The molecule has 1 amide bonds. The maximum atomic E-state index is 12.2. The normalized spacial score (nSPS) is 22.3. The van der Waals surface area contributed by atoms with E-state index in [9.17, 15) is 4.79 Å². The zero-order chi connectivity index (χ0) is 15.2. The molecule has 0 aromatic heterocycles. The molecule has 0 bridgehead atoms. The minimum atomic E-state index is -0.103. The molecule has 1 aromatic rings. The van der Waals surface area contributed by atoms with Gasteiger partial charge in [0.1, 0.15) is 5.75 Å². The number of rotatable bonds is 5. The molecule has 0 heterocycles. The summed E-state index contributed by atoms with van der Waals surface area (Å²) in [4.78, 5) is 13.3. The highest BCUT2D eigenvalue weighted by Crippen LogP contribution is 2.26. The summed E-state index contributed by atoms with van der Waals surface area (Å²) in [5.41, 5.74) is 5.89. The third kappa shape index (κ3) is 5.71. The fraction of sp³-hybridized carbons (Fsp3) is 0.562. The second-order valence-corrected chi connectivity index (χ2v) is 6.97. The van der Waals surface area contributed by atoms with Crippen LogP contribution in [0, 0.1) is 0 Å². The number of ether oxygens (including phenoxy) is 1. The number of methoxy groups -OCH3 is 1. The van der Waals surface area contributed by atoms with E-state index in [0.717, 1.165) is 36.3 Å². The Bertz CT molecular complexity index is 462. The van der Waals surface area contributed by atoms with Crippen LogP contribution in [0.4, 0.5) is 0 Å². The van der Waals surface area contributed by atoms with Crippen LogP contribution in [0.15, 0.2) is 29.2 Å². The molecule has 1 unspecified atom stereocenters. The van der Waals surface area contributed by atoms with Crippen LogP contribution < -0.4 is 15.8 Å². The van der Waals surface area contributed by atoms with Gasteiger partial charge in [0.2, 0.25) is 5.91 Å². The SMILES string of the molecule is COc1ccc(SC(C)C(=O)NC2CCC(N)CC2)cc1.Cl. The van der Waals surface area contributed by atoms with Crippen LogP contribution in [0.1, 0.15) is 32.6 Å². The van der Waals surface area contributed by atoms with E-state index >= 15 is 0 Å². The van der Waals surface area contributed by atoms with Gasteiger partial charge < -0.3 is 15.8 Å². The summed E-state index contributed by atoms with van der Waals surface area (Å²) >= 11 is 1.57. The van der Waals surface area contributed by atoms with Crippen molar-refractivity contribution in [3.8, 4) is 5.75 Å². The summed E-state index contributed by atoms with van der Waals surface area (Å²) in [5.74, 6) is 0.936. The molecule has 1 fully saturated rings. The smallest absolute Gasteiger partial charge is 0.233 e. The largest absolute Gasteiger partial charge is 0.497 e. The van der Waals surface area contributed by atoms with Crippen molar-refractivity contribution in [2.75, 3.05) is 7.11 Å². The van der Waals surface area contributed by atoms with Crippen molar-refractivity contribution in [2.24, 2.45) is 5.73 Å². The zero-order valence-electron chi connectivity index (χ0n) is 13.1. The number of nitrogens with one attached hydrogen (secondary N) is 1. The van der Waals surface area contributed by atoms with Gasteiger partial charge in [-0.15, -0.1) is 24.2 Å². The maximum Gasteiger partial charge on any atom is 0.233 e. The van der Waals surface area contributed by atoms with Crippen molar-refractivity contribution in [3.05, 3.63) is 24.3 Å². The molecule has 1 aliphatic rings. The number of carbonyl (C=O) groups excluding carboxylic acids is 1. The van der Waals surface area contributed by atoms with Gasteiger partial charge in [-0.2, -0.15) is 0 Å². The number of hydrogen-bond acceptors (Lipinski definition) is 4. The molecular formula is C16H25ClN2O2S. The molecule has 6 heteroatoms. The van der Waals surface area contributed by atoms with Gasteiger partial charge >= 0.3 is 0 Å². The Kier molecular flexibility index (Phi) is 8.07. The first-order valence-electron chi connectivity index (χ1n) is 7.45. The van der Waals surface area contributed by atoms with Crippen molar-refractivity contribution >= 4 is 30.1 Å². The first-order chi connectivity index (χ1) is 10.1. The van der Waals surface area contributed by atoms with Crippen LogP contribution in [0.25, 0.3) is 0 Å². The Labute approximate surface area is 143 Å². The van der Waals surface area contributed by atoms with Gasteiger partial charge in [0.25, 0.3) is 0 Å². The Morgan fingerprint density at radius 3 is 2.41 bits per heavy atom. The summed E-state index contributed by atoms with van der Waals surface area (Å²) in [6.45, 7) is 1.94. The van der Waals surface area contributed by atoms with Crippen LogP contribution in [0.3, 0.4) is 0 Å². The topological polar surface area (TPSA) is 64.3 Å². The fourth-order valence-electron chi connectivity index (χ4n) is 2.49. The van der Waals surface area contributed by atoms with Crippen molar-refractivity contribution in [3.63, 3.8) is 0 Å². The highest BCUT2D eigenvalue weighted by Gasteiger charge is 2.22. The van der Waals surface area contributed by atoms with Crippen molar-refractivity contribution in [1.82, 2.24) is 5.32 Å². The lowest BCUT2D eigenvalue weighted by molar-refractivity contribution is -0.121. The standard InChI is InChI=1S/C16H24N2O2S.ClH/c1-11(21-15-9-7-14(20-2)8-10-15)16(19)18-13-5-3-12(17)4-6-13;/h7-13H,3-6,17H2,1-2H3,(H,18,19);1H. The Balaban J connectivity index is 0.00000242. The van der Waals surface area contributed by atoms with E-state index in [1.165, 1.54) is 0 Å². The number of amides is 1. The van der Waals surface area contributed by atoms with E-state index in [-0.39, 0.29) is 29.6 Å². The van der Waals surface area contributed by atoms with Gasteiger partial charge in [0.15, 0.2) is 0 Å². The van der Waals surface area contributed by atoms with Crippen molar-refractivity contribution < 1.29 is 9.53 Å². The van der Waals surface area contributed by atoms with Crippen LogP contribution in [0.5, 0.6) is 5.75 Å². The van der Waals surface area contributed by atoms with Gasteiger partial charge in [0.05, 0.1) is 12.4 Å². The monoisotopic (exact) mass is 344 g/mol. The van der Waals surface area contributed by atoms with Crippen LogP contribution in [-0.2, 0) is 4.79 Å². The Morgan fingerprint density at radius 2 is 1.86 bits per heavy atom.